The van der Waals surface area contributed by atoms with Crippen molar-refractivity contribution in [2.45, 2.75) is 6.54 Å². The van der Waals surface area contributed by atoms with Crippen LogP contribution >= 0.6 is 11.3 Å². The van der Waals surface area contributed by atoms with Crippen LogP contribution in [0.1, 0.15) is 21.6 Å². The third-order valence-corrected chi connectivity index (χ3v) is 6.13. The van der Waals surface area contributed by atoms with Crippen molar-refractivity contribution in [2.24, 2.45) is 0 Å². The number of hydrogen-bond acceptors (Lipinski definition) is 6. The molecule has 0 aliphatic carbocycles. The van der Waals surface area contributed by atoms with E-state index < -0.39 is 0 Å². The molecule has 0 saturated carbocycles. The molecule has 2 heterocycles. The summed E-state index contributed by atoms with van der Waals surface area (Å²) in [5, 5.41) is 12.0. The minimum atomic E-state index is 0.0228. The molecular weight excluding hydrogens is 396 g/mol. The van der Waals surface area contributed by atoms with Crippen LogP contribution in [0.15, 0.2) is 53.9 Å². The fourth-order valence-corrected chi connectivity index (χ4v) is 4.27. The third-order valence-electron chi connectivity index (χ3n) is 5.19. The van der Waals surface area contributed by atoms with E-state index in [0.29, 0.717) is 24.2 Å². The summed E-state index contributed by atoms with van der Waals surface area (Å²) in [4.78, 5) is 21.7. The molecule has 30 heavy (non-hydrogen) atoms. The second-order valence-corrected chi connectivity index (χ2v) is 7.99. The zero-order valence-corrected chi connectivity index (χ0v) is 17.6. The van der Waals surface area contributed by atoms with Gasteiger partial charge in [-0.05, 0) is 48.5 Å². The van der Waals surface area contributed by atoms with Gasteiger partial charge in [0.25, 0.3) is 5.91 Å². The first-order valence-corrected chi connectivity index (χ1v) is 10.6. The first-order chi connectivity index (χ1) is 14.7. The molecule has 0 bridgehead atoms. The fourth-order valence-electron chi connectivity index (χ4n) is 3.45. The lowest BCUT2D eigenvalue weighted by molar-refractivity contribution is 0.0627. The van der Waals surface area contributed by atoms with Crippen molar-refractivity contribution in [2.75, 3.05) is 33.3 Å². The number of piperazine rings is 1. The van der Waals surface area contributed by atoms with Gasteiger partial charge < -0.3 is 9.64 Å². The highest BCUT2D eigenvalue weighted by atomic mass is 32.1. The Bertz CT molecular complexity index is 1050. The summed E-state index contributed by atoms with van der Waals surface area (Å²) in [7, 11) is 1.66. The van der Waals surface area contributed by atoms with E-state index in [4.69, 9.17) is 15.0 Å². The van der Waals surface area contributed by atoms with Crippen LogP contribution in [0.4, 0.5) is 0 Å². The van der Waals surface area contributed by atoms with Crippen LogP contribution in [0.25, 0.3) is 10.6 Å². The molecule has 0 atom stereocenters. The van der Waals surface area contributed by atoms with Gasteiger partial charge in [0.15, 0.2) is 0 Å². The highest BCUT2D eigenvalue weighted by molar-refractivity contribution is 7.13. The fraction of sp³-hybridized carbons (Fsp3) is 0.261. The van der Waals surface area contributed by atoms with Crippen molar-refractivity contribution >= 4 is 17.2 Å². The quantitative estimate of drug-likeness (QED) is 0.633. The second-order valence-electron chi connectivity index (χ2n) is 7.13. The van der Waals surface area contributed by atoms with E-state index in [2.05, 4.69) is 16.3 Å². The molecule has 0 N–H and O–H groups in total. The lowest BCUT2D eigenvalue weighted by Crippen LogP contribution is -2.48. The minimum Gasteiger partial charge on any atom is -0.497 e. The highest BCUT2D eigenvalue weighted by Gasteiger charge is 2.22. The monoisotopic (exact) mass is 418 g/mol. The number of aromatic nitrogens is 1. The summed E-state index contributed by atoms with van der Waals surface area (Å²) in [6.45, 7) is 3.79. The molecule has 3 aromatic rings. The molecule has 4 rings (SSSR count). The number of nitrogens with zero attached hydrogens (tertiary/aromatic N) is 4. The third kappa shape index (κ3) is 4.51. The minimum absolute atomic E-state index is 0.0228. The van der Waals surface area contributed by atoms with Crippen LogP contribution in [0.2, 0.25) is 0 Å². The lowest BCUT2D eigenvalue weighted by atomic mass is 10.1. The number of carbonyl (C=O) groups is 1. The standard InChI is InChI=1S/C23H22N4O2S/c1-29-21-8-6-18(7-9-21)22-25-20(16-30-22)15-26-10-12-27(13-11-26)23(28)19-4-2-17(14-24)3-5-19/h2-9,16H,10-13,15H2,1H3. The molecule has 1 aromatic heterocycles. The van der Waals surface area contributed by atoms with Gasteiger partial charge in [0.05, 0.1) is 24.4 Å². The number of hydrogen-bond donors (Lipinski definition) is 0. The molecule has 152 valence electrons. The van der Waals surface area contributed by atoms with Crippen molar-refractivity contribution in [1.29, 1.82) is 5.26 Å². The normalized spacial score (nSPS) is 14.3. The summed E-state index contributed by atoms with van der Waals surface area (Å²) >= 11 is 1.64. The number of benzene rings is 2. The Hall–Kier alpha value is -3.21. The van der Waals surface area contributed by atoms with Crippen LogP contribution in [0, 0.1) is 11.3 Å². The predicted octanol–water partition coefficient (Wildman–Crippen LogP) is 3.65. The first kappa shape index (κ1) is 20.1. The molecule has 2 aromatic carbocycles. The Balaban J connectivity index is 1.32. The first-order valence-electron chi connectivity index (χ1n) is 9.77. The Morgan fingerprint density at radius 2 is 1.80 bits per heavy atom. The summed E-state index contributed by atoms with van der Waals surface area (Å²) in [6.07, 6.45) is 0. The SMILES string of the molecule is COc1ccc(-c2nc(CN3CCN(C(=O)c4ccc(C#N)cc4)CC3)cs2)cc1. The maximum atomic E-state index is 12.7. The van der Waals surface area contributed by atoms with Gasteiger partial charge in [0.1, 0.15) is 10.8 Å². The number of rotatable bonds is 5. The smallest absolute Gasteiger partial charge is 0.253 e. The molecule has 1 aliphatic rings. The molecule has 1 aliphatic heterocycles. The maximum Gasteiger partial charge on any atom is 0.253 e. The topological polar surface area (TPSA) is 69.5 Å². The molecule has 1 saturated heterocycles. The van der Waals surface area contributed by atoms with E-state index in [1.807, 2.05) is 29.2 Å². The Morgan fingerprint density at radius 1 is 1.10 bits per heavy atom. The van der Waals surface area contributed by atoms with Crippen molar-refractivity contribution in [3.63, 3.8) is 0 Å². The van der Waals surface area contributed by atoms with Crippen molar-refractivity contribution < 1.29 is 9.53 Å². The molecule has 0 radical (unpaired) electrons. The van der Waals surface area contributed by atoms with E-state index in [0.717, 1.165) is 41.6 Å². The predicted molar refractivity (Wildman–Crippen MR) is 116 cm³/mol. The van der Waals surface area contributed by atoms with Crippen LogP contribution in [0.3, 0.4) is 0 Å². The van der Waals surface area contributed by atoms with Crippen LogP contribution in [-0.2, 0) is 6.54 Å². The van der Waals surface area contributed by atoms with Gasteiger partial charge in [0, 0.05) is 49.2 Å². The van der Waals surface area contributed by atoms with Gasteiger partial charge in [-0.2, -0.15) is 5.26 Å². The van der Waals surface area contributed by atoms with Crippen LogP contribution < -0.4 is 4.74 Å². The van der Waals surface area contributed by atoms with Gasteiger partial charge in [-0.3, -0.25) is 9.69 Å². The van der Waals surface area contributed by atoms with Gasteiger partial charge >= 0.3 is 0 Å². The van der Waals surface area contributed by atoms with Gasteiger partial charge in [0.2, 0.25) is 0 Å². The second kappa shape index (κ2) is 9.08. The number of amides is 1. The Labute approximate surface area is 180 Å². The van der Waals surface area contributed by atoms with E-state index in [1.54, 1.807) is 42.7 Å². The van der Waals surface area contributed by atoms with Crippen LogP contribution in [0.5, 0.6) is 5.75 Å². The molecule has 1 amide bonds. The van der Waals surface area contributed by atoms with Gasteiger partial charge in [-0.15, -0.1) is 11.3 Å². The van der Waals surface area contributed by atoms with E-state index in [9.17, 15) is 4.79 Å². The van der Waals surface area contributed by atoms with Crippen molar-refractivity contribution in [3.8, 4) is 22.4 Å². The maximum absolute atomic E-state index is 12.7. The lowest BCUT2D eigenvalue weighted by Gasteiger charge is -2.34. The summed E-state index contributed by atoms with van der Waals surface area (Å²) in [5.74, 6) is 0.860. The zero-order chi connectivity index (χ0) is 20.9. The van der Waals surface area contributed by atoms with E-state index in [-0.39, 0.29) is 5.91 Å². The Kier molecular flexibility index (Phi) is 6.07. The molecule has 0 spiro atoms. The van der Waals surface area contributed by atoms with Gasteiger partial charge in [-0.1, -0.05) is 0 Å². The van der Waals surface area contributed by atoms with Crippen molar-refractivity contribution in [1.82, 2.24) is 14.8 Å². The average Bonchev–Trinajstić information content (AvgIpc) is 3.27. The molecule has 7 heteroatoms. The largest absolute Gasteiger partial charge is 0.497 e. The summed E-state index contributed by atoms with van der Waals surface area (Å²) in [6, 6.07) is 16.8. The molecular formula is C23H22N4O2S. The molecule has 0 unspecified atom stereocenters. The highest BCUT2D eigenvalue weighted by Crippen LogP contribution is 2.26. The summed E-state index contributed by atoms with van der Waals surface area (Å²) in [5.41, 5.74) is 3.34. The number of carbonyl (C=O) groups excluding carboxylic acids is 1. The van der Waals surface area contributed by atoms with Gasteiger partial charge in [-0.25, -0.2) is 4.98 Å². The van der Waals surface area contributed by atoms with E-state index in [1.165, 1.54) is 0 Å². The zero-order valence-electron chi connectivity index (χ0n) is 16.7. The number of methoxy groups -OCH3 is 1. The Morgan fingerprint density at radius 3 is 2.43 bits per heavy atom. The number of ether oxygens (including phenoxy) is 1. The molecule has 1 fully saturated rings. The number of thiazole rings is 1. The van der Waals surface area contributed by atoms with Crippen LogP contribution in [-0.4, -0.2) is 54.0 Å². The number of nitriles is 1. The average molecular weight is 419 g/mol. The van der Waals surface area contributed by atoms with E-state index >= 15 is 0 Å². The molecule has 6 nitrogen and oxygen atoms in total. The van der Waals surface area contributed by atoms with Crippen molar-refractivity contribution in [3.05, 3.63) is 70.7 Å². The summed E-state index contributed by atoms with van der Waals surface area (Å²) < 4.78 is 5.21.